The molecule has 6 heteroatoms. The molecule has 2 rings (SSSR count). The molecule has 0 bridgehead atoms. The topological polar surface area (TPSA) is 65.8 Å². The fraction of sp³-hybridized carbons (Fsp3) is 0.615. The zero-order valence-electron chi connectivity index (χ0n) is 12.0. The van der Waals surface area contributed by atoms with Gasteiger partial charge >= 0.3 is 5.76 Å². The Morgan fingerprint density at radius 2 is 2.05 bits per heavy atom. The van der Waals surface area contributed by atoms with Gasteiger partial charge in [0.15, 0.2) is 5.82 Å². The SMILES string of the molecule is CC(C)n1ccc(Cn2c(C(C)(C)C)noc2=O)n1. The summed E-state index contributed by atoms with van der Waals surface area (Å²) in [6, 6.07) is 2.21. The molecule has 0 saturated carbocycles. The molecule has 0 saturated heterocycles. The van der Waals surface area contributed by atoms with Crippen LogP contribution >= 0.6 is 0 Å². The summed E-state index contributed by atoms with van der Waals surface area (Å²) >= 11 is 0. The first-order valence-corrected chi connectivity index (χ1v) is 6.40. The predicted octanol–water partition coefficient (Wildman–Crippen LogP) is 1.96. The predicted molar refractivity (Wildman–Crippen MR) is 71.2 cm³/mol. The van der Waals surface area contributed by atoms with Crippen LogP contribution in [0.15, 0.2) is 21.6 Å². The quantitative estimate of drug-likeness (QED) is 0.850. The largest absolute Gasteiger partial charge is 0.441 e. The van der Waals surface area contributed by atoms with Gasteiger partial charge in [-0.25, -0.2) is 4.79 Å². The summed E-state index contributed by atoms with van der Waals surface area (Å²) in [6.07, 6.45) is 1.91. The maximum absolute atomic E-state index is 11.7. The Morgan fingerprint density at radius 3 is 2.58 bits per heavy atom. The average molecular weight is 264 g/mol. The van der Waals surface area contributed by atoms with Crippen molar-refractivity contribution in [3.63, 3.8) is 0 Å². The first kappa shape index (κ1) is 13.6. The van der Waals surface area contributed by atoms with Crippen LogP contribution < -0.4 is 5.76 Å². The van der Waals surface area contributed by atoms with Gasteiger partial charge in [0.25, 0.3) is 0 Å². The molecule has 0 spiro atoms. The molecule has 19 heavy (non-hydrogen) atoms. The lowest BCUT2D eigenvalue weighted by Gasteiger charge is -2.16. The van der Waals surface area contributed by atoms with Crippen LogP contribution in [0.4, 0.5) is 0 Å². The Morgan fingerprint density at radius 1 is 1.37 bits per heavy atom. The third-order valence-corrected chi connectivity index (χ3v) is 2.87. The molecule has 6 nitrogen and oxygen atoms in total. The van der Waals surface area contributed by atoms with Crippen molar-refractivity contribution in [1.29, 1.82) is 0 Å². The molecule has 0 aliphatic rings. The van der Waals surface area contributed by atoms with Crippen molar-refractivity contribution >= 4 is 0 Å². The van der Waals surface area contributed by atoms with Gasteiger partial charge < -0.3 is 0 Å². The number of hydrogen-bond donors (Lipinski definition) is 0. The van der Waals surface area contributed by atoms with E-state index in [1.807, 2.05) is 37.7 Å². The lowest BCUT2D eigenvalue weighted by Crippen LogP contribution is -2.25. The zero-order chi connectivity index (χ0) is 14.2. The maximum Gasteiger partial charge on any atom is 0.441 e. The summed E-state index contributed by atoms with van der Waals surface area (Å²) in [6.45, 7) is 10.5. The van der Waals surface area contributed by atoms with E-state index < -0.39 is 5.76 Å². The van der Waals surface area contributed by atoms with Crippen molar-refractivity contribution in [2.24, 2.45) is 0 Å². The second-order valence-corrected chi connectivity index (χ2v) is 5.99. The molecule has 0 aromatic carbocycles. The Bertz CT molecular complexity index is 613. The molecule has 0 aliphatic heterocycles. The molecule has 0 atom stereocenters. The van der Waals surface area contributed by atoms with E-state index in [2.05, 4.69) is 24.1 Å². The van der Waals surface area contributed by atoms with Crippen molar-refractivity contribution in [2.75, 3.05) is 0 Å². The van der Waals surface area contributed by atoms with Crippen molar-refractivity contribution in [3.05, 3.63) is 34.3 Å². The highest BCUT2D eigenvalue weighted by atomic mass is 16.5. The van der Waals surface area contributed by atoms with Gasteiger partial charge in [0.1, 0.15) is 0 Å². The van der Waals surface area contributed by atoms with Gasteiger partial charge in [-0.15, -0.1) is 0 Å². The summed E-state index contributed by atoms with van der Waals surface area (Å²) < 4.78 is 8.17. The van der Waals surface area contributed by atoms with Crippen LogP contribution in [0.1, 0.15) is 52.2 Å². The first-order chi connectivity index (χ1) is 8.79. The monoisotopic (exact) mass is 264 g/mol. The molecule has 0 aliphatic carbocycles. The molecule has 2 aromatic heterocycles. The molecular formula is C13H20N4O2. The van der Waals surface area contributed by atoms with Gasteiger partial charge in [0, 0.05) is 17.7 Å². The highest BCUT2D eigenvalue weighted by Crippen LogP contribution is 2.19. The Labute approximate surface area is 112 Å². The average Bonchev–Trinajstić information content (AvgIpc) is 2.86. The van der Waals surface area contributed by atoms with Gasteiger partial charge in [0.05, 0.1) is 12.2 Å². The minimum absolute atomic E-state index is 0.243. The van der Waals surface area contributed by atoms with Crippen molar-refractivity contribution in [1.82, 2.24) is 19.5 Å². The van der Waals surface area contributed by atoms with Gasteiger partial charge in [-0.1, -0.05) is 25.9 Å². The smallest absolute Gasteiger partial charge is 0.296 e. The molecule has 2 aromatic rings. The molecule has 0 amide bonds. The second kappa shape index (κ2) is 4.68. The number of nitrogens with zero attached hydrogens (tertiary/aromatic N) is 4. The number of rotatable bonds is 3. The van der Waals surface area contributed by atoms with Crippen molar-refractivity contribution in [3.8, 4) is 0 Å². The van der Waals surface area contributed by atoms with E-state index >= 15 is 0 Å². The van der Waals surface area contributed by atoms with Crippen molar-refractivity contribution in [2.45, 2.75) is 52.6 Å². The molecule has 0 unspecified atom stereocenters. The second-order valence-electron chi connectivity index (χ2n) is 5.99. The summed E-state index contributed by atoms with van der Waals surface area (Å²) in [4.78, 5) is 11.7. The third-order valence-electron chi connectivity index (χ3n) is 2.87. The van der Waals surface area contributed by atoms with Crippen LogP contribution in [-0.4, -0.2) is 19.5 Å². The van der Waals surface area contributed by atoms with Crippen LogP contribution in [0.25, 0.3) is 0 Å². The number of hydrogen-bond acceptors (Lipinski definition) is 4. The third kappa shape index (κ3) is 2.77. The van der Waals surface area contributed by atoms with E-state index in [0.29, 0.717) is 18.4 Å². The summed E-state index contributed by atoms with van der Waals surface area (Å²) in [5.74, 6) is 0.195. The summed E-state index contributed by atoms with van der Waals surface area (Å²) in [7, 11) is 0. The Hall–Kier alpha value is -1.85. The molecule has 104 valence electrons. The molecular weight excluding hydrogens is 244 g/mol. The Balaban J connectivity index is 2.33. The highest BCUT2D eigenvalue weighted by Gasteiger charge is 2.24. The van der Waals surface area contributed by atoms with Gasteiger partial charge in [-0.3, -0.25) is 13.8 Å². The summed E-state index contributed by atoms with van der Waals surface area (Å²) in [5.41, 5.74) is 0.580. The van der Waals surface area contributed by atoms with Crippen LogP contribution in [0, 0.1) is 0 Å². The van der Waals surface area contributed by atoms with Crippen molar-refractivity contribution < 1.29 is 4.52 Å². The van der Waals surface area contributed by atoms with Crippen LogP contribution in [0.2, 0.25) is 0 Å². The zero-order valence-corrected chi connectivity index (χ0v) is 12.0. The van der Waals surface area contributed by atoms with E-state index in [0.717, 1.165) is 5.69 Å². The fourth-order valence-corrected chi connectivity index (χ4v) is 1.86. The molecule has 0 radical (unpaired) electrons. The highest BCUT2D eigenvalue weighted by molar-refractivity contribution is 5.06. The van der Waals surface area contributed by atoms with Gasteiger partial charge in [-0.2, -0.15) is 5.10 Å². The standard InChI is InChI=1S/C13H20N4O2/c1-9(2)17-7-6-10(14-17)8-16-11(13(3,4)5)15-19-12(16)18/h6-7,9H,8H2,1-5H3. The Kier molecular flexibility index (Phi) is 3.34. The van der Waals surface area contributed by atoms with E-state index in [9.17, 15) is 4.79 Å². The fourth-order valence-electron chi connectivity index (χ4n) is 1.86. The minimum Gasteiger partial charge on any atom is -0.296 e. The maximum atomic E-state index is 11.7. The first-order valence-electron chi connectivity index (χ1n) is 6.40. The normalized spacial score (nSPS) is 12.3. The van der Waals surface area contributed by atoms with E-state index in [1.54, 1.807) is 0 Å². The van der Waals surface area contributed by atoms with E-state index in [4.69, 9.17) is 4.52 Å². The number of aromatic nitrogens is 4. The van der Waals surface area contributed by atoms with Gasteiger partial charge in [-0.05, 0) is 19.9 Å². The van der Waals surface area contributed by atoms with Crippen LogP contribution in [0.3, 0.4) is 0 Å². The van der Waals surface area contributed by atoms with Crippen LogP contribution in [0.5, 0.6) is 0 Å². The van der Waals surface area contributed by atoms with E-state index in [-0.39, 0.29) is 5.41 Å². The van der Waals surface area contributed by atoms with E-state index in [1.165, 1.54) is 4.57 Å². The summed E-state index contributed by atoms with van der Waals surface area (Å²) in [5, 5.41) is 8.30. The minimum atomic E-state index is -0.441. The molecule has 2 heterocycles. The lowest BCUT2D eigenvalue weighted by molar-refractivity contribution is 0.367. The molecule has 0 N–H and O–H groups in total. The van der Waals surface area contributed by atoms with Gasteiger partial charge in [0.2, 0.25) is 0 Å². The lowest BCUT2D eigenvalue weighted by atomic mass is 9.96. The van der Waals surface area contributed by atoms with Crippen LogP contribution in [-0.2, 0) is 12.0 Å². The molecule has 0 fully saturated rings.